The Morgan fingerprint density at radius 3 is 2.61 bits per heavy atom. The van der Waals surface area contributed by atoms with Gasteiger partial charge in [-0.1, -0.05) is 54.6 Å². The number of tetrazole rings is 1. The van der Waals surface area contributed by atoms with Crippen molar-refractivity contribution < 1.29 is 9.59 Å². The average molecular weight is 419 g/mol. The van der Waals surface area contributed by atoms with Gasteiger partial charge >= 0.3 is 0 Å². The summed E-state index contributed by atoms with van der Waals surface area (Å²) < 4.78 is 1.53. The molecule has 31 heavy (non-hydrogen) atoms. The predicted octanol–water partition coefficient (Wildman–Crippen LogP) is 2.08. The zero-order valence-electron chi connectivity index (χ0n) is 17.6. The fraction of sp³-hybridized carbons (Fsp3) is 0.348. The van der Waals surface area contributed by atoms with Crippen molar-refractivity contribution in [1.82, 2.24) is 30.4 Å². The molecule has 160 valence electrons. The molecule has 1 aliphatic rings. The number of aryl methyl sites for hydroxylation is 1. The first-order chi connectivity index (χ1) is 15.1. The van der Waals surface area contributed by atoms with Gasteiger partial charge in [-0.15, -0.1) is 5.10 Å². The Kier molecular flexibility index (Phi) is 6.06. The molecule has 1 saturated heterocycles. The number of carbonyl (C=O) groups is 2. The summed E-state index contributed by atoms with van der Waals surface area (Å²) in [5.74, 6) is -0.183. The van der Waals surface area contributed by atoms with Crippen LogP contribution in [0.25, 0.3) is 11.1 Å². The SMILES string of the molecule is CNC(=O)C1(Cc2ccccc2-c2ccccc2)CCCN1C(=O)CCn1cnnn1. The van der Waals surface area contributed by atoms with Crippen LogP contribution in [0.4, 0.5) is 0 Å². The minimum atomic E-state index is -0.905. The van der Waals surface area contributed by atoms with Crippen molar-refractivity contribution in [2.75, 3.05) is 13.6 Å². The second-order valence-electron chi connectivity index (χ2n) is 7.78. The molecular weight excluding hydrogens is 392 g/mol. The standard InChI is InChI=1S/C23H26N6O2/c1-24-22(31)23(13-7-14-29(23)21(30)12-15-28-17-25-26-27-28)16-19-10-5-6-11-20(19)18-8-3-2-4-9-18/h2-6,8-11,17H,7,12-16H2,1H3,(H,24,31). The van der Waals surface area contributed by atoms with Crippen molar-refractivity contribution in [1.29, 1.82) is 0 Å². The van der Waals surface area contributed by atoms with Gasteiger partial charge in [0.25, 0.3) is 0 Å². The highest BCUT2D eigenvalue weighted by Gasteiger charge is 2.49. The molecule has 2 heterocycles. The number of likely N-dealkylation sites (N-methyl/N-ethyl adjacent to an activating group) is 1. The van der Waals surface area contributed by atoms with Crippen LogP contribution in [0.1, 0.15) is 24.8 Å². The zero-order valence-corrected chi connectivity index (χ0v) is 17.6. The van der Waals surface area contributed by atoms with Crippen LogP contribution in [0.3, 0.4) is 0 Å². The van der Waals surface area contributed by atoms with Crippen LogP contribution < -0.4 is 5.32 Å². The Bertz CT molecular complexity index is 1040. The van der Waals surface area contributed by atoms with Crippen LogP contribution in [0.2, 0.25) is 0 Å². The Labute approximate surface area is 181 Å². The van der Waals surface area contributed by atoms with Crippen molar-refractivity contribution in [2.45, 2.75) is 37.8 Å². The number of aromatic nitrogens is 4. The summed E-state index contributed by atoms with van der Waals surface area (Å²) >= 11 is 0. The lowest BCUT2D eigenvalue weighted by molar-refractivity contribution is -0.145. The maximum Gasteiger partial charge on any atom is 0.246 e. The Hall–Kier alpha value is -3.55. The number of benzene rings is 2. The fourth-order valence-corrected chi connectivity index (χ4v) is 4.49. The molecule has 1 N–H and O–H groups in total. The van der Waals surface area contributed by atoms with E-state index < -0.39 is 5.54 Å². The monoisotopic (exact) mass is 418 g/mol. The fourth-order valence-electron chi connectivity index (χ4n) is 4.49. The Balaban J connectivity index is 1.64. The molecule has 0 bridgehead atoms. The van der Waals surface area contributed by atoms with E-state index in [0.29, 0.717) is 25.9 Å². The van der Waals surface area contributed by atoms with Gasteiger partial charge < -0.3 is 10.2 Å². The molecule has 3 aromatic rings. The molecule has 1 aromatic heterocycles. The van der Waals surface area contributed by atoms with Crippen LogP contribution >= 0.6 is 0 Å². The summed E-state index contributed by atoms with van der Waals surface area (Å²) in [6, 6.07) is 18.2. The molecule has 1 atom stereocenters. The zero-order chi connectivity index (χ0) is 21.7. The van der Waals surface area contributed by atoms with Gasteiger partial charge in [-0.05, 0) is 40.0 Å². The van der Waals surface area contributed by atoms with Gasteiger partial charge in [0.1, 0.15) is 11.9 Å². The van der Waals surface area contributed by atoms with Crippen molar-refractivity contribution in [3.8, 4) is 11.1 Å². The van der Waals surface area contributed by atoms with E-state index >= 15 is 0 Å². The van der Waals surface area contributed by atoms with Gasteiger partial charge in [0.2, 0.25) is 11.8 Å². The first-order valence-corrected chi connectivity index (χ1v) is 10.5. The number of hydrogen-bond acceptors (Lipinski definition) is 5. The van der Waals surface area contributed by atoms with Crippen LogP contribution in [0, 0.1) is 0 Å². The summed E-state index contributed by atoms with van der Waals surface area (Å²) in [5.41, 5.74) is 2.33. The second kappa shape index (κ2) is 9.07. The molecule has 0 aliphatic carbocycles. The molecular formula is C23H26N6O2. The van der Waals surface area contributed by atoms with E-state index in [0.717, 1.165) is 23.1 Å². The minimum Gasteiger partial charge on any atom is -0.357 e. The Morgan fingerprint density at radius 1 is 1.10 bits per heavy atom. The molecule has 1 fully saturated rings. The maximum absolute atomic E-state index is 13.2. The van der Waals surface area contributed by atoms with E-state index in [2.05, 4.69) is 45.1 Å². The maximum atomic E-state index is 13.2. The van der Waals surface area contributed by atoms with Gasteiger partial charge in [0.05, 0.1) is 6.54 Å². The van der Waals surface area contributed by atoms with Crippen LogP contribution in [0.15, 0.2) is 60.9 Å². The summed E-state index contributed by atoms with van der Waals surface area (Å²) in [7, 11) is 1.63. The first kappa shape index (κ1) is 20.7. The largest absolute Gasteiger partial charge is 0.357 e. The average Bonchev–Trinajstić information content (AvgIpc) is 3.48. The molecule has 2 aromatic carbocycles. The number of rotatable bonds is 7. The number of likely N-dealkylation sites (tertiary alicyclic amines) is 1. The lowest BCUT2D eigenvalue weighted by Gasteiger charge is -2.37. The van der Waals surface area contributed by atoms with Crippen LogP contribution in [-0.2, 0) is 22.6 Å². The van der Waals surface area contributed by atoms with Crippen LogP contribution in [-0.4, -0.2) is 56.1 Å². The highest BCUT2D eigenvalue weighted by molar-refractivity contribution is 5.92. The van der Waals surface area contributed by atoms with Crippen molar-refractivity contribution in [2.24, 2.45) is 0 Å². The van der Waals surface area contributed by atoms with Gasteiger partial charge in [-0.3, -0.25) is 9.59 Å². The molecule has 1 aliphatic heterocycles. The van der Waals surface area contributed by atoms with Crippen molar-refractivity contribution >= 4 is 11.8 Å². The smallest absolute Gasteiger partial charge is 0.246 e. The lowest BCUT2D eigenvalue weighted by atomic mass is 9.84. The van der Waals surface area contributed by atoms with E-state index in [1.807, 2.05) is 30.3 Å². The minimum absolute atomic E-state index is 0.0613. The van der Waals surface area contributed by atoms with Crippen molar-refractivity contribution in [3.63, 3.8) is 0 Å². The summed E-state index contributed by atoms with van der Waals surface area (Å²) in [6.45, 7) is 0.947. The first-order valence-electron chi connectivity index (χ1n) is 10.5. The summed E-state index contributed by atoms with van der Waals surface area (Å²) in [4.78, 5) is 28.1. The lowest BCUT2D eigenvalue weighted by Crippen LogP contribution is -2.58. The molecule has 4 rings (SSSR count). The summed E-state index contributed by atoms with van der Waals surface area (Å²) in [5, 5.41) is 13.8. The topological polar surface area (TPSA) is 93.0 Å². The van der Waals surface area contributed by atoms with E-state index in [9.17, 15) is 9.59 Å². The Morgan fingerprint density at radius 2 is 1.87 bits per heavy atom. The number of nitrogens with zero attached hydrogens (tertiary/aromatic N) is 5. The molecule has 0 spiro atoms. The molecule has 1 unspecified atom stereocenters. The highest BCUT2D eigenvalue weighted by Crippen LogP contribution is 2.36. The second-order valence-corrected chi connectivity index (χ2v) is 7.78. The van der Waals surface area contributed by atoms with E-state index in [-0.39, 0.29) is 18.2 Å². The predicted molar refractivity (Wildman–Crippen MR) is 116 cm³/mol. The van der Waals surface area contributed by atoms with Gasteiger partial charge in [0.15, 0.2) is 0 Å². The third kappa shape index (κ3) is 4.19. The van der Waals surface area contributed by atoms with Crippen molar-refractivity contribution in [3.05, 3.63) is 66.5 Å². The number of amides is 2. The van der Waals surface area contributed by atoms with Gasteiger partial charge in [-0.2, -0.15) is 0 Å². The molecule has 8 heteroatoms. The third-order valence-electron chi connectivity index (χ3n) is 5.97. The normalized spacial score (nSPS) is 18.2. The highest BCUT2D eigenvalue weighted by atomic mass is 16.2. The molecule has 2 amide bonds. The third-order valence-corrected chi connectivity index (χ3v) is 5.97. The van der Waals surface area contributed by atoms with Gasteiger partial charge in [0, 0.05) is 26.4 Å². The van der Waals surface area contributed by atoms with Gasteiger partial charge in [-0.25, -0.2) is 4.68 Å². The van der Waals surface area contributed by atoms with Crippen LogP contribution in [0.5, 0.6) is 0 Å². The number of nitrogens with one attached hydrogen (secondary N) is 1. The molecule has 0 saturated carbocycles. The molecule has 8 nitrogen and oxygen atoms in total. The number of hydrogen-bond donors (Lipinski definition) is 1. The quantitative estimate of drug-likeness (QED) is 0.634. The van der Waals surface area contributed by atoms with E-state index in [1.54, 1.807) is 11.9 Å². The number of carbonyl (C=O) groups excluding carboxylic acids is 2. The van der Waals surface area contributed by atoms with E-state index in [4.69, 9.17) is 0 Å². The summed E-state index contributed by atoms with van der Waals surface area (Å²) in [6.07, 6.45) is 3.61. The molecule has 0 radical (unpaired) electrons. The van der Waals surface area contributed by atoms with E-state index in [1.165, 1.54) is 11.0 Å².